The predicted molar refractivity (Wildman–Crippen MR) is 119 cm³/mol. The number of hydrogen-bond acceptors (Lipinski definition) is 4. The molecule has 0 saturated carbocycles. The highest BCUT2D eigenvalue weighted by Crippen LogP contribution is 2.14. The lowest BCUT2D eigenvalue weighted by Crippen LogP contribution is -2.48. The number of rotatable bonds is 6. The Balaban J connectivity index is 1.26. The van der Waals surface area contributed by atoms with E-state index in [0.29, 0.717) is 12.6 Å². The second-order valence-electron chi connectivity index (χ2n) is 7.56. The molecule has 0 aliphatic carbocycles. The largest absolute Gasteiger partial charge is 0.354 e. The van der Waals surface area contributed by atoms with Gasteiger partial charge in [-0.1, -0.05) is 48.5 Å². The number of para-hydroxylation sites is 1. The molecule has 0 unspecified atom stereocenters. The van der Waals surface area contributed by atoms with Crippen LogP contribution >= 0.6 is 0 Å². The fourth-order valence-corrected chi connectivity index (χ4v) is 3.81. The minimum absolute atomic E-state index is 0.426. The molecule has 2 heterocycles. The van der Waals surface area contributed by atoms with Crippen molar-refractivity contribution in [2.24, 2.45) is 4.99 Å². The molecule has 7 nitrogen and oxygen atoms in total. The van der Waals surface area contributed by atoms with E-state index in [4.69, 9.17) is 0 Å². The van der Waals surface area contributed by atoms with Crippen molar-refractivity contribution in [2.75, 3.05) is 20.1 Å². The van der Waals surface area contributed by atoms with E-state index in [1.165, 1.54) is 5.56 Å². The van der Waals surface area contributed by atoms with Crippen LogP contribution in [-0.4, -0.2) is 51.8 Å². The van der Waals surface area contributed by atoms with Crippen LogP contribution in [0, 0.1) is 0 Å². The Hall–Kier alpha value is -3.19. The lowest BCUT2D eigenvalue weighted by molar-refractivity contribution is 0.198. The summed E-state index contributed by atoms with van der Waals surface area (Å²) in [5, 5.41) is 15.3. The molecule has 1 saturated heterocycles. The van der Waals surface area contributed by atoms with Crippen molar-refractivity contribution in [3.8, 4) is 5.69 Å². The first-order valence-electron chi connectivity index (χ1n) is 10.5. The van der Waals surface area contributed by atoms with Crippen LogP contribution in [0.2, 0.25) is 0 Å². The minimum atomic E-state index is 0.426. The third-order valence-electron chi connectivity index (χ3n) is 5.47. The van der Waals surface area contributed by atoms with E-state index in [1.54, 1.807) is 6.33 Å². The molecule has 0 bridgehead atoms. The SMILES string of the molecule is CN=C(NCc1nncn1-c1ccccc1)NC1CCN(Cc2ccccc2)CC1. The Kier molecular flexibility index (Phi) is 6.72. The highest BCUT2D eigenvalue weighted by Gasteiger charge is 2.20. The number of hydrogen-bond donors (Lipinski definition) is 2. The van der Waals surface area contributed by atoms with Gasteiger partial charge in [0.2, 0.25) is 0 Å². The van der Waals surface area contributed by atoms with Gasteiger partial charge in [0, 0.05) is 38.4 Å². The molecule has 4 rings (SSSR count). The van der Waals surface area contributed by atoms with Crippen LogP contribution in [0.5, 0.6) is 0 Å². The van der Waals surface area contributed by atoms with Crippen LogP contribution in [0.4, 0.5) is 0 Å². The predicted octanol–water partition coefficient (Wildman–Crippen LogP) is 2.60. The van der Waals surface area contributed by atoms with Gasteiger partial charge in [-0.05, 0) is 30.5 Å². The summed E-state index contributed by atoms with van der Waals surface area (Å²) in [5.41, 5.74) is 2.43. The maximum Gasteiger partial charge on any atom is 0.191 e. The molecule has 156 valence electrons. The molecule has 2 N–H and O–H groups in total. The molecule has 0 radical (unpaired) electrons. The molecular formula is C23H29N7. The van der Waals surface area contributed by atoms with E-state index < -0.39 is 0 Å². The number of nitrogens with one attached hydrogen (secondary N) is 2. The third kappa shape index (κ3) is 5.24. The summed E-state index contributed by atoms with van der Waals surface area (Å²) in [6.07, 6.45) is 3.95. The number of nitrogens with zero attached hydrogens (tertiary/aromatic N) is 5. The lowest BCUT2D eigenvalue weighted by atomic mass is 10.0. The smallest absolute Gasteiger partial charge is 0.191 e. The summed E-state index contributed by atoms with van der Waals surface area (Å²) in [4.78, 5) is 6.91. The van der Waals surface area contributed by atoms with Crippen molar-refractivity contribution >= 4 is 5.96 Å². The van der Waals surface area contributed by atoms with E-state index in [0.717, 1.165) is 49.9 Å². The molecule has 1 aliphatic rings. The second kappa shape index (κ2) is 10.0. The summed E-state index contributed by atoms with van der Waals surface area (Å²) >= 11 is 0. The third-order valence-corrected chi connectivity index (χ3v) is 5.47. The Bertz CT molecular complexity index is 928. The number of aliphatic imine (C=N–C) groups is 1. The van der Waals surface area contributed by atoms with E-state index in [2.05, 4.69) is 61.1 Å². The lowest BCUT2D eigenvalue weighted by Gasteiger charge is -2.33. The maximum atomic E-state index is 4.39. The van der Waals surface area contributed by atoms with Crippen LogP contribution in [0.15, 0.2) is 72.0 Å². The first-order valence-corrected chi connectivity index (χ1v) is 10.5. The summed E-state index contributed by atoms with van der Waals surface area (Å²) in [6.45, 7) is 3.76. The van der Waals surface area contributed by atoms with Crippen molar-refractivity contribution < 1.29 is 0 Å². The average molecular weight is 404 g/mol. The zero-order chi connectivity index (χ0) is 20.6. The molecule has 0 amide bonds. The minimum Gasteiger partial charge on any atom is -0.354 e. The molecule has 30 heavy (non-hydrogen) atoms. The zero-order valence-corrected chi connectivity index (χ0v) is 17.4. The van der Waals surface area contributed by atoms with Crippen LogP contribution in [0.1, 0.15) is 24.2 Å². The average Bonchev–Trinajstić information content (AvgIpc) is 3.28. The van der Waals surface area contributed by atoms with Gasteiger partial charge < -0.3 is 10.6 Å². The van der Waals surface area contributed by atoms with Crippen molar-refractivity contribution in [2.45, 2.75) is 32.0 Å². The van der Waals surface area contributed by atoms with Crippen molar-refractivity contribution in [3.63, 3.8) is 0 Å². The standard InChI is InChI=1S/C23H29N7/c1-24-23(25-16-22-28-26-18-30(22)21-10-6-3-7-11-21)27-20-12-14-29(15-13-20)17-19-8-4-2-5-9-19/h2-11,18,20H,12-17H2,1H3,(H2,24,25,27). The summed E-state index contributed by atoms with van der Waals surface area (Å²) in [5.74, 6) is 1.65. The first-order chi connectivity index (χ1) is 14.8. The monoisotopic (exact) mass is 403 g/mol. The van der Waals surface area contributed by atoms with Crippen LogP contribution in [-0.2, 0) is 13.1 Å². The fourth-order valence-electron chi connectivity index (χ4n) is 3.81. The van der Waals surface area contributed by atoms with Crippen LogP contribution in [0.3, 0.4) is 0 Å². The van der Waals surface area contributed by atoms with Crippen molar-refractivity contribution in [3.05, 3.63) is 78.4 Å². The fraction of sp³-hybridized carbons (Fsp3) is 0.348. The van der Waals surface area contributed by atoms with E-state index in [9.17, 15) is 0 Å². The molecule has 3 aromatic rings. The van der Waals surface area contributed by atoms with Gasteiger partial charge >= 0.3 is 0 Å². The van der Waals surface area contributed by atoms with Crippen molar-refractivity contribution in [1.29, 1.82) is 0 Å². The Morgan fingerprint density at radius 2 is 1.73 bits per heavy atom. The summed E-state index contributed by atoms with van der Waals surface area (Å²) < 4.78 is 1.99. The Labute approximate surface area is 177 Å². The second-order valence-corrected chi connectivity index (χ2v) is 7.56. The van der Waals surface area contributed by atoms with Gasteiger partial charge in [0.25, 0.3) is 0 Å². The van der Waals surface area contributed by atoms with Gasteiger partial charge in [-0.3, -0.25) is 14.5 Å². The Morgan fingerprint density at radius 3 is 2.43 bits per heavy atom. The normalized spacial score (nSPS) is 15.8. The molecule has 1 aromatic heterocycles. The summed E-state index contributed by atoms with van der Waals surface area (Å²) in [6, 6.07) is 21.2. The van der Waals surface area contributed by atoms with Gasteiger partial charge in [0.15, 0.2) is 11.8 Å². The molecule has 1 fully saturated rings. The number of piperidine rings is 1. The van der Waals surface area contributed by atoms with Gasteiger partial charge in [-0.2, -0.15) is 0 Å². The zero-order valence-electron chi connectivity index (χ0n) is 17.4. The van der Waals surface area contributed by atoms with Crippen LogP contribution < -0.4 is 10.6 Å². The highest BCUT2D eigenvalue weighted by atomic mass is 15.3. The van der Waals surface area contributed by atoms with E-state index in [-0.39, 0.29) is 0 Å². The highest BCUT2D eigenvalue weighted by molar-refractivity contribution is 5.79. The molecule has 0 atom stereocenters. The maximum absolute atomic E-state index is 4.39. The van der Waals surface area contributed by atoms with Crippen molar-refractivity contribution in [1.82, 2.24) is 30.3 Å². The topological polar surface area (TPSA) is 70.4 Å². The quantitative estimate of drug-likeness (QED) is 0.489. The summed E-state index contributed by atoms with van der Waals surface area (Å²) in [7, 11) is 1.81. The molecule has 7 heteroatoms. The molecule has 2 aromatic carbocycles. The van der Waals surface area contributed by atoms with Crippen LogP contribution in [0.25, 0.3) is 5.69 Å². The van der Waals surface area contributed by atoms with E-state index >= 15 is 0 Å². The Morgan fingerprint density at radius 1 is 1.03 bits per heavy atom. The van der Waals surface area contributed by atoms with Gasteiger partial charge in [-0.25, -0.2) is 0 Å². The first kappa shape index (κ1) is 20.1. The number of likely N-dealkylation sites (tertiary alicyclic amines) is 1. The molecule has 0 spiro atoms. The number of aromatic nitrogens is 3. The number of guanidine groups is 1. The van der Waals surface area contributed by atoms with Gasteiger partial charge in [0.1, 0.15) is 6.33 Å². The molecular weight excluding hydrogens is 374 g/mol. The van der Waals surface area contributed by atoms with E-state index in [1.807, 2.05) is 41.9 Å². The van der Waals surface area contributed by atoms with Gasteiger partial charge in [0.05, 0.1) is 6.54 Å². The molecule has 1 aliphatic heterocycles. The number of benzene rings is 2. The van der Waals surface area contributed by atoms with Gasteiger partial charge in [-0.15, -0.1) is 10.2 Å².